The number of sulfonamides is 1. The predicted molar refractivity (Wildman–Crippen MR) is 80.4 cm³/mol. The first-order chi connectivity index (χ1) is 9.76. The Bertz CT molecular complexity index is 759. The Morgan fingerprint density at radius 2 is 2.00 bits per heavy atom. The van der Waals surface area contributed by atoms with Gasteiger partial charge in [-0.1, -0.05) is 6.92 Å². The predicted octanol–water partition coefficient (Wildman–Crippen LogP) is 1.03. The van der Waals surface area contributed by atoms with Crippen LogP contribution in [0.5, 0.6) is 0 Å². The van der Waals surface area contributed by atoms with Crippen LogP contribution in [0.3, 0.4) is 0 Å². The molecule has 116 valence electrons. The highest BCUT2D eigenvalue weighted by atomic mass is 32.2. The van der Waals surface area contributed by atoms with E-state index in [9.17, 15) is 8.42 Å². The summed E-state index contributed by atoms with van der Waals surface area (Å²) < 4.78 is 30.6. The number of nitrogens with one attached hydrogen (secondary N) is 1. The Morgan fingerprint density at radius 1 is 1.33 bits per heavy atom. The van der Waals surface area contributed by atoms with Gasteiger partial charge in [0.1, 0.15) is 4.90 Å². The van der Waals surface area contributed by atoms with Crippen LogP contribution in [0.1, 0.15) is 24.7 Å². The molecule has 2 aromatic rings. The number of aryl methyl sites for hydroxylation is 3. The highest BCUT2D eigenvalue weighted by Gasteiger charge is 2.24. The van der Waals surface area contributed by atoms with E-state index >= 15 is 0 Å². The molecule has 0 atom stereocenters. The lowest BCUT2D eigenvalue weighted by Crippen LogP contribution is -2.15. The van der Waals surface area contributed by atoms with Gasteiger partial charge in [-0.3, -0.25) is 14.1 Å². The smallest absolute Gasteiger partial charge is 0.267 e. The van der Waals surface area contributed by atoms with Gasteiger partial charge < -0.3 is 5.73 Å². The summed E-state index contributed by atoms with van der Waals surface area (Å²) in [7, 11) is -2.03. The standard InChI is InChI=1S/C12H20N6O2S/c1-5-6-18-7-10(12(13)15-18)21(19,20)16-11-8(2)14-17(4)9(11)3/h7,16H,5-6H2,1-4H3,(H2,13,15). The fraction of sp³-hybridized carbons (Fsp3) is 0.500. The molecule has 0 unspecified atom stereocenters. The maximum atomic E-state index is 12.5. The first-order valence-corrected chi connectivity index (χ1v) is 8.10. The Balaban J connectivity index is 2.38. The van der Waals surface area contributed by atoms with Crippen molar-refractivity contribution in [2.75, 3.05) is 10.5 Å². The molecule has 0 fully saturated rings. The average molecular weight is 312 g/mol. The summed E-state index contributed by atoms with van der Waals surface area (Å²) in [5.74, 6) is -0.00449. The second kappa shape index (κ2) is 5.40. The van der Waals surface area contributed by atoms with Gasteiger partial charge >= 0.3 is 0 Å². The number of nitrogens with two attached hydrogens (primary N) is 1. The van der Waals surface area contributed by atoms with Gasteiger partial charge in [-0.25, -0.2) is 8.42 Å². The van der Waals surface area contributed by atoms with Crippen molar-refractivity contribution in [2.45, 2.75) is 38.6 Å². The number of nitrogen functional groups attached to an aromatic ring is 1. The molecule has 0 spiro atoms. The van der Waals surface area contributed by atoms with Crippen LogP contribution in [0.15, 0.2) is 11.1 Å². The van der Waals surface area contributed by atoms with Gasteiger partial charge in [-0.05, 0) is 20.3 Å². The molecular weight excluding hydrogens is 292 g/mol. The van der Waals surface area contributed by atoms with Crippen LogP contribution in [-0.4, -0.2) is 28.0 Å². The van der Waals surface area contributed by atoms with Gasteiger partial charge in [-0.15, -0.1) is 0 Å². The average Bonchev–Trinajstić information content (AvgIpc) is 2.86. The molecule has 2 rings (SSSR count). The summed E-state index contributed by atoms with van der Waals surface area (Å²) in [6.45, 7) is 6.13. The molecule has 0 amide bonds. The van der Waals surface area contributed by atoms with Crippen molar-refractivity contribution < 1.29 is 8.42 Å². The van der Waals surface area contributed by atoms with E-state index in [1.165, 1.54) is 10.9 Å². The van der Waals surface area contributed by atoms with Gasteiger partial charge in [-0.2, -0.15) is 10.2 Å². The van der Waals surface area contributed by atoms with Crippen molar-refractivity contribution in [2.24, 2.45) is 7.05 Å². The lowest BCUT2D eigenvalue weighted by Gasteiger charge is -2.07. The summed E-state index contributed by atoms with van der Waals surface area (Å²) in [6.07, 6.45) is 2.29. The minimum absolute atomic E-state index is 0.00449. The molecule has 0 saturated heterocycles. The normalized spacial score (nSPS) is 11.8. The Hall–Kier alpha value is -2.03. The summed E-state index contributed by atoms with van der Waals surface area (Å²) in [5, 5.41) is 8.20. The zero-order valence-corrected chi connectivity index (χ0v) is 13.4. The van der Waals surface area contributed by atoms with E-state index in [-0.39, 0.29) is 10.7 Å². The fourth-order valence-electron chi connectivity index (χ4n) is 2.08. The largest absolute Gasteiger partial charge is 0.381 e. The van der Waals surface area contributed by atoms with Crippen molar-refractivity contribution >= 4 is 21.5 Å². The van der Waals surface area contributed by atoms with Crippen LogP contribution in [0.25, 0.3) is 0 Å². The maximum absolute atomic E-state index is 12.5. The van der Waals surface area contributed by atoms with Gasteiger partial charge in [0.25, 0.3) is 10.0 Å². The van der Waals surface area contributed by atoms with Crippen LogP contribution >= 0.6 is 0 Å². The van der Waals surface area contributed by atoms with Crippen LogP contribution in [-0.2, 0) is 23.6 Å². The molecule has 0 aromatic carbocycles. The molecule has 0 bridgehead atoms. The number of anilines is 2. The quantitative estimate of drug-likeness (QED) is 0.857. The molecule has 0 aliphatic rings. The number of hydrogen-bond donors (Lipinski definition) is 2. The van der Waals surface area contributed by atoms with Crippen molar-refractivity contribution in [3.63, 3.8) is 0 Å². The Labute approximate surface area is 124 Å². The van der Waals surface area contributed by atoms with Gasteiger partial charge in [0.05, 0.1) is 17.1 Å². The summed E-state index contributed by atoms with van der Waals surface area (Å²) >= 11 is 0. The van der Waals surface area contributed by atoms with Crippen LogP contribution in [0.4, 0.5) is 11.5 Å². The van der Waals surface area contributed by atoms with E-state index in [0.29, 0.717) is 17.9 Å². The zero-order chi connectivity index (χ0) is 15.8. The Kier molecular flexibility index (Phi) is 3.95. The fourth-order valence-corrected chi connectivity index (χ4v) is 3.33. The lowest BCUT2D eigenvalue weighted by molar-refractivity contribution is 0.595. The van der Waals surface area contributed by atoms with E-state index in [4.69, 9.17) is 5.73 Å². The Morgan fingerprint density at radius 3 is 2.52 bits per heavy atom. The molecule has 0 aliphatic carbocycles. The second-order valence-corrected chi connectivity index (χ2v) is 6.57. The molecule has 3 N–H and O–H groups in total. The molecule has 0 saturated carbocycles. The number of rotatable bonds is 5. The summed E-state index contributed by atoms with van der Waals surface area (Å²) in [6, 6.07) is 0. The number of nitrogens with zero attached hydrogens (tertiary/aromatic N) is 4. The van der Waals surface area contributed by atoms with E-state index in [1.54, 1.807) is 25.6 Å². The van der Waals surface area contributed by atoms with E-state index < -0.39 is 10.0 Å². The molecule has 2 aromatic heterocycles. The third-order valence-corrected chi connectivity index (χ3v) is 4.61. The second-order valence-electron chi connectivity index (χ2n) is 4.92. The third kappa shape index (κ3) is 2.87. The molecule has 8 nitrogen and oxygen atoms in total. The topological polar surface area (TPSA) is 108 Å². The van der Waals surface area contributed by atoms with Crippen LogP contribution in [0.2, 0.25) is 0 Å². The molecule has 0 aliphatic heterocycles. The molecule has 2 heterocycles. The van der Waals surface area contributed by atoms with Crippen molar-refractivity contribution in [1.29, 1.82) is 0 Å². The van der Waals surface area contributed by atoms with Crippen molar-refractivity contribution in [3.05, 3.63) is 17.6 Å². The highest BCUT2D eigenvalue weighted by molar-refractivity contribution is 7.92. The minimum Gasteiger partial charge on any atom is -0.381 e. The van der Waals surface area contributed by atoms with Crippen molar-refractivity contribution in [3.8, 4) is 0 Å². The van der Waals surface area contributed by atoms with E-state index in [0.717, 1.165) is 12.1 Å². The maximum Gasteiger partial charge on any atom is 0.267 e. The van der Waals surface area contributed by atoms with Crippen LogP contribution < -0.4 is 10.5 Å². The first-order valence-electron chi connectivity index (χ1n) is 6.62. The third-order valence-electron chi connectivity index (χ3n) is 3.24. The lowest BCUT2D eigenvalue weighted by atomic mass is 10.3. The summed E-state index contributed by atoms with van der Waals surface area (Å²) in [4.78, 5) is -0.0152. The van der Waals surface area contributed by atoms with Crippen LogP contribution in [0, 0.1) is 13.8 Å². The van der Waals surface area contributed by atoms with Gasteiger partial charge in [0, 0.05) is 19.8 Å². The monoisotopic (exact) mass is 312 g/mol. The van der Waals surface area contributed by atoms with E-state index in [2.05, 4.69) is 14.9 Å². The van der Waals surface area contributed by atoms with Gasteiger partial charge in [0.15, 0.2) is 5.82 Å². The number of hydrogen-bond acceptors (Lipinski definition) is 5. The first kappa shape index (κ1) is 15.4. The van der Waals surface area contributed by atoms with Gasteiger partial charge in [0.2, 0.25) is 0 Å². The van der Waals surface area contributed by atoms with E-state index in [1.807, 2.05) is 6.92 Å². The molecule has 9 heteroatoms. The molecule has 21 heavy (non-hydrogen) atoms. The highest BCUT2D eigenvalue weighted by Crippen LogP contribution is 2.24. The molecule has 0 radical (unpaired) electrons. The van der Waals surface area contributed by atoms with Crippen molar-refractivity contribution in [1.82, 2.24) is 19.6 Å². The SMILES string of the molecule is CCCn1cc(S(=O)(=O)Nc2c(C)nn(C)c2C)c(N)n1. The zero-order valence-electron chi connectivity index (χ0n) is 12.6. The molecular formula is C12H20N6O2S. The number of aromatic nitrogens is 4. The minimum atomic E-state index is -3.78. The summed E-state index contributed by atoms with van der Waals surface area (Å²) in [5.41, 5.74) is 7.53.